The maximum absolute atomic E-state index is 13.7. The average molecular weight is 444 g/mol. The first-order valence-corrected chi connectivity index (χ1v) is 10.7. The fraction of sp³-hybridized carbons (Fsp3) is 0.478. The van der Waals surface area contributed by atoms with Crippen molar-refractivity contribution >= 4 is 17.6 Å². The summed E-state index contributed by atoms with van der Waals surface area (Å²) in [5.74, 6) is 0.775. The van der Waals surface area contributed by atoms with Crippen molar-refractivity contribution in [3.63, 3.8) is 0 Å². The molecule has 2 heterocycles. The summed E-state index contributed by atoms with van der Waals surface area (Å²) in [5.41, 5.74) is 0.695. The highest BCUT2D eigenvalue weighted by Gasteiger charge is 2.26. The third-order valence-electron chi connectivity index (χ3n) is 5.49. The summed E-state index contributed by atoms with van der Waals surface area (Å²) in [5, 5.41) is 0. The van der Waals surface area contributed by atoms with Crippen molar-refractivity contribution in [3.05, 3.63) is 47.7 Å². The van der Waals surface area contributed by atoms with E-state index in [1.54, 1.807) is 26.1 Å². The van der Waals surface area contributed by atoms with Gasteiger partial charge in [0.1, 0.15) is 11.6 Å². The largest absolute Gasteiger partial charge is 0.481 e. The number of halogens is 1. The molecule has 1 aromatic heterocycles. The van der Waals surface area contributed by atoms with Crippen LogP contribution < -0.4 is 9.64 Å². The van der Waals surface area contributed by atoms with E-state index in [4.69, 9.17) is 14.7 Å². The number of aromatic nitrogens is 2. The normalized spacial score (nSPS) is 15.9. The maximum Gasteiger partial charge on any atom is 0.260 e. The number of benzene rings is 1. The summed E-state index contributed by atoms with van der Waals surface area (Å²) in [6, 6.07) is 7.82. The molecule has 0 N–H and O–H groups in total. The number of piperidine rings is 1. The molecule has 2 amide bonds. The minimum atomic E-state index is -0.508. The Bertz CT molecular complexity index is 968. The predicted octanol–water partition coefficient (Wildman–Crippen LogP) is 2.45. The smallest absolute Gasteiger partial charge is 0.260 e. The third kappa shape index (κ3) is 5.93. The molecular weight excluding hydrogens is 413 g/mol. The Kier molecular flexibility index (Phi) is 7.61. The fourth-order valence-electron chi connectivity index (χ4n) is 3.61. The van der Waals surface area contributed by atoms with E-state index in [9.17, 15) is 14.0 Å². The number of nitrogens with zero attached hydrogens (tertiary/aromatic N) is 5. The molecule has 32 heavy (non-hydrogen) atoms. The number of likely N-dealkylation sites (tertiary alicyclic amines) is 1. The summed E-state index contributed by atoms with van der Waals surface area (Å²) in [6.45, 7) is 2.92. The lowest BCUT2D eigenvalue weighted by atomic mass is 9.97. The number of anilines is 1. The van der Waals surface area contributed by atoms with Crippen LogP contribution in [-0.2, 0) is 16.1 Å². The van der Waals surface area contributed by atoms with Crippen molar-refractivity contribution in [2.75, 3.05) is 45.7 Å². The molecule has 1 atom stereocenters. The van der Waals surface area contributed by atoms with Crippen LogP contribution in [0.5, 0.6) is 5.75 Å². The fourth-order valence-corrected chi connectivity index (χ4v) is 3.61. The van der Waals surface area contributed by atoms with Crippen LogP contribution in [0, 0.1) is 5.82 Å². The van der Waals surface area contributed by atoms with Crippen molar-refractivity contribution in [3.8, 4) is 5.75 Å². The highest BCUT2D eigenvalue weighted by molar-refractivity contribution is 5.77. The van der Waals surface area contributed by atoms with Crippen LogP contribution in [0.2, 0.25) is 0 Å². The number of carbonyl (C=O) groups is 2. The number of amides is 2. The van der Waals surface area contributed by atoms with Gasteiger partial charge in [0.15, 0.2) is 18.2 Å². The lowest BCUT2D eigenvalue weighted by molar-refractivity contribution is -0.132. The number of rotatable bonds is 7. The maximum atomic E-state index is 13.7. The van der Waals surface area contributed by atoms with Gasteiger partial charge in [-0.3, -0.25) is 9.59 Å². The molecule has 0 unspecified atom stereocenters. The molecule has 0 aliphatic carbocycles. The second-order valence-electron chi connectivity index (χ2n) is 8.24. The molecular formula is C23H30FN5O3. The van der Waals surface area contributed by atoms with E-state index in [-0.39, 0.29) is 36.6 Å². The molecule has 172 valence electrons. The van der Waals surface area contributed by atoms with Crippen LogP contribution in [0.3, 0.4) is 0 Å². The Morgan fingerprint density at radius 1 is 1.22 bits per heavy atom. The molecule has 8 nitrogen and oxygen atoms in total. The second kappa shape index (κ2) is 10.4. The molecule has 1 aromatic carbocycles. The van der Waals surface area contributed by atoms with Crippen LogP contribution in [-0.4, -0.2) is 72.4 Å². The Labute approximate surface area is 188 Å². The molecule has 0 spiro atoms. The van der Waals surface area contributed by atoms with Crippen molar-refractivity contribution in [2.45, 2.75) is 32.2 Å². The highest BCUT2D eigenvalue weighted by Crippen LogP contribution is 2.26. The molecule has 1 saturated heterocycles. The monoisotopic (exact) mass is 443 g/mol. The van der Waals surface area contributed by atoms with E-state index in [1.807, 2.05) is 30.0 Å². The molecule has 1 aliphatic heterocycles. The van der Waals surface area contributed by atoms with Crippen LogP contribution in [0.1, 0.15) is 37.2 Å². The number of hydrogen-bond donors (Lipinski definition) is 0. The van der Waals surface area contributed by atoms with E-state index in [2.05, 4.69) is 0 Å². The zero-order valence-electron chi connectivity index (χ0n) is 19.0. The summed E-state index contributed by atoms with van der Waals surface area (Å²) in [7, 11) is 5.45. The number of carbonyl (C=O) groups excluding carboxylic acids is 2. The van der Waals surface area contributed by atoms with E-state index in [0.717, 1.165) is 25.2 Å². The van der Waals surface area contributed by atoms with E-state index in [0.29, 0.717) is 18.1 Å². The Morgan fingerprint density at radius 3 is 2.66 bits per heavy atom. The molecule has 0 bridgehead atoms. The molecule has 9 heteroatoms. The third-order valence-corrected chi connectivity index (χ3v) is 5.49. The van der Waals surface area contributed by atoms with Gasteiger partial charge >= 0.3 is 0 Å². The summed E-state index contributed by atoms with van der Waals surface area (Å²) < 4.78 is 19.0. The van der Waals surface area contributed by atoms with Crippen LogP contribution >= 0.6 is 0 Å². The zero-order valence-corrected chi connectivity index (χ0v) is 19.0. The average Bonchev–Trinajstić information content (AvgIpc) is 2.78. The van der Waals surface area contributed by atoms with Gasteiger partial charge < -0.3 is 19.4 Å². The van der Waals surface area contributed by atoms with Crippen LogP contribution in [0.15, 0.2) is 30.3 Å². The van der Waals surface area contributed by atoms with Gasteiger partial charge in [0, 0.05) is 53.1 Å². The van der Waals surface area contributed by atoms with Gasteiger partial charge in [-0.25, -0.2) is 14.4 Å². The first-order chi connectivity index (χ1) is 15.2. The molecule has 1 aliphatic rings. The Hall–Kier alpha value is -3.23. The lowest BCUT2D eigenvalue weighted by Gasteiger charge is -2.31. The lowest BCUT2D eigenvalue weighted by Crippen LogP contribution is -2.38. The number of ether oxygens (including phenoxy) is 1. The standard InChI is InChI=1S/C23H30FN5O3/c1-16(30)29-11-7-8-17(13-29)23-25-18(12-21(26-23)27(2)3)14-28(4)22(31)15-32-20-10-6-5-9-19(20)24/h5-6,9-10,12,17H,7-8,11,13-15H2,1-4H3/t17-/m1/s1. The topological polar surface area (TPSA) is 78.9 Å². The molecule has 0 radical (unpaired) electrons. The quantitative estimate of drug-likeness (QED) is 0.654. The van der Waals surface area contributed by atoms with E-state index < -0.39 is 5.82 Å². The van der Waals surface area contributed by atoms with Gasteiger partial charge in [0.2, 0.25) is 5.91 Å². The van der Waals surface area contributed by atoms with Gasteiger partial charge in [0.25, 0.3) is 5.91 Å². The van der Waals surface area contributed by atoms with Crippen LogP contribution in [0.25, 0.3) is 0 Å². The highest BCUT2D eigenvalue weighted by atomic mass is 19.1. The van der Waals surface area contributed by atoms with Crippen molar-refractivity contribution < 1.29 is 18.7 Å². The molecule has 0 saturated carbocycles. The van der Waals surface area contributed by atoms with Gasteiger partial charge in [-0.15, -0.1) is 0 Å². The number of hydrogen-bond acceptors (Lipinski definition) is 6. The number of likely N-dealkylation sites (N-methyl/N-ethyl adjacent to an activating group) is 1. The second-order valence-corrected chi connectivity index (χ2v) is 8.24. The van der Waals surface area contributed by atoms with Crippen LogP contribution in [0.4, 0.5) is 10.2 Å². The molecule has 3 rings (SSSR count). The molecule has 2 aromatic rings. The number of para-hydroxylation sites is 1. The minimum absolute atomic E-state index is 0.0424. The zero-order chi connectivity index (χ0) is 23.3. The van der Waals surface area contributed by atoms with Gasteiger partial charge in [-0.05, 0) is 25.0 Å². The van der Waals surface area contributed by atoms with Gasteiger partial charge in [0.05, 0.1) is 12.2 Å². The first-order valence-electron chi connectivity index (χ1n) is 10.7. The Morgan fingerprint density at radius 2 is 1.97 bits per heavy atom. The van der Waals surface area contributed by atoms with Crippen molar-refractivity contribution in [1.82, 2.24) is 19.8 Å². The van der Waals surface area contributed by atoms with Crippen molar-refractivity contribution in [2.24, 2.45) is 0 Å². The minimum Gasteiger partial charge on any atom is -0.481 e. The summed E-state index contributed by atoms with van der Waals surface area (Å²) in [4.78, 5) is 39.0. The SMILES string of the molecule is CC(=O)N1CCC[C@@H](c2nc(CN(C)C(=O)COc3ccccc3F)cc(N(C)C)n2)C1. The van der Waals surface area contributed by atoms with Crippen molar-refractivity contribution in [1.29, 1.82) is 0 Å². The molecule has 1 fully saturated rings. The van der Waals surface area contributed by atoms with Gasteiger partial charge in [-0.1, -0.05) is 12.1 Å². The predicted molar refractivity (Wildman–Crippen MR) is 119 cm³/mol. The van der Waals surface area contributed by atoms with Gasteiger partial charge in [-0.2, -0.15) is 0 Å². The first kappa shape index (κ1) is 23.4. The summed E-state index contributed by atoms with van der Waals surface area (Å²) >= 11 is 0. The van der Waals surface area contributed by atoms with E-state index in [1.165, 1.54) is 17.0 Å². The van der Waals surface area contributed by atoms with E-state index >= 15 is 0 Å². The summed E-state index contributed by atoms with van der Waals surface area (Å²) in [6.07, 6.45) is 1.81. The Balaban J connectivity index is 1.71.